The van der Waals surface area contributed by atoms with Crippen molar-refractivity contribution in [2.75, 3.05) is 23.3 Å². The summed E-state index contributed by atoms with van der Waals surface area (Å²) in [5, 5.41) is 11.9. The molecule has 1 amide bonds. The Hall–Kier alpha value is -4.31. The van der Waals surface area contributed by atoms with E-state index in [4.69, 9.17) is 4.98 Å². The molecule has 6 rings (SSSR count). The number of hydrogen-bond donors (Lipinski definition) is 2. The van der Waals surface area contributed by atoms with E-state index in [9.17, 15) is 9.18 Å². The molecule has 1 saturated heterocycles. The van der Waals surface area contributed by atoms with Crippen LogP contribution in [0.3, 0.4) is 0 Å². The number of fused-ring (bicyclic) bond motifs is 2. The molecule has 9 nitrogen and oxygen atoms in total. The van der Waals surface area contributed by atoms with E-state index in [0.29, 0.717) is 40.2 Å². The number of carbonyl (C=O) groups is 1. The number of nitrogens with zero attached hydrogens (tertiary/aromatic N) is 6. The number of amides is 1. The molecule has 10 heteroatoms. The molecule has 37 heavy (non-hydrogen) atoms. The molecule has 2 atom stereocenters. The van der Waals surface area contributed by atoms with Crippen molar-refractivity contribution in [3.8, 4) is 5.95 Å². The molecule has 0 saturated carbocycles. The second-order valence-electron chi connectivity index (χ2n) is 9.68. The van der Waals surface area contributed by atoms with E-state index >= 15 is 0 Å². The summed E-state index contributed by atoms with van der Waals surface area (Å²) in [6.07, 6.45) is 7.21. The first kappa shape index (κ1) is 23.1. The Bertz CT molecular complexity index is 1620. The minimum atomic E-state index is -0.493. The van der Waals surface area contributed by atoms with Crippen molar-refractivity contribution < 1.29 is 9.18 Å². The summed E-state index contributed by atoms with van der Waals surface area (Å²) in [5.74, 6) is -0.403. The van der Waals surface area contributed by atoms with Crippen molar-refractivity contribution in [2.24, 2.45) is 7.05 Å². The third-order valence-corrected chi connectivity index (χ3v) is 6.63. The number of aromatic nitrogens is 5. The lowest BCUT2D eigenvalue weighted by atomic mass is 10.0. The molecule has 0 bridgehead atoms. The van der Waals surface area contributed by atoms with E-state index in [2.05, 4.69) is 39.5 Å². The summed E-state index contributed by atoms with van der Waals surface area (Å²) < 4.78 is 18.0. The van der Waals surface area contributed by atoms with Crippen LogP contribution in [0.1, 0.15) is 24.2 Å². The van der Waals surface area contributed by atoms with Crippen LogP contribution in [0, 0.1) is 5.82 Å². The van der Waals surface area contributed by atoms with Crippen LogP contribution in [0.15, 0.2) is 61.2 Å². The number of anilines is 2. The lowest BCUT2D eigenvalue weighted by Crippen LogP contribution is -2.54. The average molecular weight is 499 g/mol. The van der Waals surface area contributed by atoms with Crippen LogP contribution in [0.2, 0.25) is 0 Å². The number of piperazine rings is 1. The Balaban J connectivity index is 1.43. The SMILES string of the molecule is CC1CN(c2ccc(C(=O)Nc3cc(F)c4nn(C)cc4c3)c3nc(-n4cccc4)ncc23)CC(C)N1. The van der Waals surface area contributed by atoms with Gasteiger partial charge in [0.1, 0.15) is 5.52 Å². The van der Waals surface area contributed by atoms with Gasteiger partial charge in [-0.1, -0.05) is 0 Å². The fourth-order valence-corrected chi connectivity index (χ4v) is 5.15. The van der Waals surface area contributed by atoms with Crippen LogP contribution < -0.4 is 15.5 Å². The molecule has 188 valence electrons. The van der Waals surface area contributed by atoms with Gasteiger partial charge < -0.3 is 15.5 Å². The summed E-state index contributed by atoms with van der Waals surface area (Å²) in [6, 6.07) is 11.2. The molecule has 3 aromatic heterocycles. The van der Waals surface area contributed by atoms with E-state index in [0.717, 1.165) is 24.2 Å². The molecular formula is C27H27FN8O. The fourth-order valence-electron chi connectivity index (χ4n) is 5.15. The third-order valence-electron chi connectivity index (χ3n) is 6.63. The molecule has 5 aromatic rings. The lowest BCUT2D eigenvalue weighted by molar-refractivity contribution is 0.102. The molecule has 0 radical (unpaired) electrons. The van der Waals surface area contributed by atoms with Gasteiger partial charge in [0.2, 0.25) is 5.95 Å². The van der Waals surface area contributed by atoms with Gasteiger partial charge in [-0.25, -0.2) is 14.4 Å². The van der Waals surface area contributed by atoms with Crippen LogP contribution >= 0.6 is 0 Å². The average Bonchev–Trinajstić information content (AvgIpc) is 3.52. The Morgan fingerprint density at radius 1 is 1.11 bits per heavy atom. The Kier molecular flexibility index (Phi) is 5.60. The normalized spacial score (nSPS) is 18.0. The van der Waals surface area contributed by atoms with Crippen LogP contribution in [0.25, 0.3) is 27.8 Å². The van der Waals surface area contributed by atoms with Crippen LogP contribution in [-0.4, -0.2) is 55.4 Å². The summed E-state index contributed by atoms with van der Waals surface area (Å²) in [4.78, 5) is 25.2. The van der Waals surface area contributed by atoms with Crippen molar-refractivity contribution in [3.63, 3.8) is 0 Å². The second kappa shape index (κ2) is 8.97. The van der Waals surface area contributed by atoms with Crippen molar-refractivity contribution in [2.45, 2.75) is 25.9 Å². The number of benzene rings is 2. The van der Waals surface area contributed by atoms with Gasteiger partial charge in [-0.15, -0.1) is 0 Å². The van der Waals surface area contributed by atoms with E-state index in [1.807, 2.05) is 30.6 Å². The van der Waals surface area contributed by atoms with Gasteiger partial charge in [0.05, 0.1) is 11.1 Å². The maximum atomic E-state index is 14.6. The molecule has 4 heterocycles. The van der Waals surface area contributed by atoms with Gasteiger partial charge in [-0.3, -0.25) is 14.0 Å². The maximum Gasteiger partial charge on any atom is 0.257 e. The van der Waals surface area contributed by atoms with Crippen molar-refractivity contribution in [1.29, 1.82) is 0 Å². The Morgan fingerprint density at radius 3 is 2.62 bits per heavy atom. The highest BCUT2D eigenvalue weighted by atomic mass is 19.1. The maximum absolute atomic E-state index is 14.6. The number of carbonyl (C=O) groups excluding carboxylic acids is 1. The van der Waals surface area contributed by atoms with Gasteiger partial charge >= 0.3 is 0 Å². The Labute approximate surface area is 212 Å². The molecule has 2 aromatic carbocycles. The zero-order chi connectivity index (χ0) is 25.7. The molecular weight excluding hydrogens is 471 g/mol. The van der Waals surface area contributed by atoms with Gasteiger partial charge in [-0.2, -0.15) is 5.10 Å². The first-order valence-corrected chi connectivity index (χ1v) is 12.2. The zero-order valence-electron chi connectivity index (χ0n) is 20.8. The zero-order valence-corrected chi connectivity index (χ0v) is 20.8. The molecule has 1 aliphatic heterocycles. The standard InChI is InChI=1S/C27H27FN8O/c1-16-13-36(14-17(2)30-16)23-7-6-20(25-21(23)12-29-27(32-25)35-8-4-5-9-35)26(37)31-19-10-18-15-34(3)33-24(18)22(28)11-19/h4-12,15-17,30H,13-14H2,1-3H3,(H,31,37). The highest BCUT2D eigenvalue weighted by Crippen LogP contribution is 2.31. The quantitative estimate of drug-likeness (QED) is 0.391. The number of aryl methyl sites for hydroxylation is 1. The minimum absolute atomic E-state index is 0.263. The summed E-state index contributed by atoms with van der Waals surface area (Å²) in [5.41, 5.74) is 2.52. The molecule has 1 aliphatic rings. The van der Waals surface area contributed by atoms with E-state index in [-0.39, 0.29) is 11.4 Å². The molecule has 0 aliphatic carbocycles. The smallest absolute Gasteiger partial charge is 0.257 e. The summed E-state index contributed by atoms with van der Waals surface area (Å²) in [6.45, 7) is 5.97. The number of rotatable bonds is 4. The molecule has 0 spiro atoms. The van der Waals surface area contributed by atoms with Gasteiger partial charge in [0.15, 0.2) is 5.82 Å². The summed E-state index contributed by atoms with van der Waals surface area (Å²) >= 11 is 0. The second-order valence-corrected chi connectivity index (χ2v) is 9.68. The minimum Gasteiger partial charge on any atom is -0.368 e. The predicted octanol–water partition coefficient (Wildman–Crippen LogP) is 3.89. The van der Waals surface area contributed by atoms with Crippen LogP contribution in [0.4, 0.5) is 15.8 Å². The fraction of sp³-hybridized carbons (Fsp3) is 0.259. The van der Waals surface area contributed by atoms with Gasteiger partial charge in [0, 0.05) is 79.2 Å². The number of hydrogen-bond acceptors (Lipinski definition) is 6. The van der Waals surface area contributed by atoms with Gasteiger partial charge in [-0.05, 0) is 50.2 Å². The monoisotopic (exact) mass is 498 g/mol. The Morgan fingerprint density at radius 2 is 1.86 bits per heavy atom. The summed E-state index contributed by atoms with van der Waals surface area (Å²) in [7, 11) is 1.73. The van der Waals surface area contributed by atoms with Crippen molar-refractivity contribution in [3.05, 3.63) is 72.6 Å². The first-order valence-electron chi connectivity index (χ1n) is 12.2. The molecule has 1 fully saturated rings. The highest BCUT2D eigenvalue weighted by molar-refractivity contribution is 6.14. The van der Waals surface area contributed by atoms with E-state index in [1.165, 1.54) is 6.07 Å². The highest BCUT2D eigenvalue weighted by Gasteiger charge is 2.25. The van der Waals surface area contributed by atoms with E-state index < -0.39 is 5.82 Å². The third kappa shape index (κ3) is 4.29. The topological polar surface area (TPSA) is 92.9 Å². The number of halogens is 1. The lowest BCUT2D eigenvalue weighted by Gasteiger charge is -2.38. The first-order chi connectivity index (χ1) is 17.9. The van der Waals surface area contributed by atoms with Crippen molar-refractivity contribution >= 4 is 39.1 Å². The number of nitrogens with one attached hydrogen (secondary N) is 2. The van der Waals surface area contributed by atoms with Crippen LogP contribution in [0.5, 0.6) is 0 Å². The van der Waals surface area contributed by atoms with E-state index in [1.54, 1.807) is 40.8 Å². The van der Waals surface area contributed by atoms with Crippen molar-refractivity contribution in [1.82, 2.24) is 29.6 Å². The predicted molar refractivity (Wildman–Crippen MR) is 142 cm³/mol. The largest absolute Gasteiger partial charge is 0.368 e. The molecule has 2 unspecified atom stereocenters. The molecule has 2 N–H and O–H groups in total. The van der Waals surface area contributed by atoms with Crippen LogP contribution in [-0.2, 0) is 7.05 Å². The van der Waals surface area contributed by atoms with Gasteiger partial charge in [0.25, 0.3) is 5.91 Å².